The zero-order valence-corrected chi connectivity index (χ0v) is 21.0. The molecule has 4 heterocycles. The minimum Gasteiger partial charge on any atom is -0.542 e. The van der Waals surface area contributed by atoms with Crippen LogP contribution in [0.1, 0.15) is 37.0 Å². The second-order valence-corrected chi connectivity index (χ2v) is 8.94. The van der Waals surface area contributed by atoms with Gasteiger partial charge in [0.15, 0.2) is 5.52 Å². The van der Waals surface area contributed by atoms with Gasteiger partial charge in [0.1, 0.15) is 23.4 Å². The normalized spacial score (nSPS) is 16.6. The Labute approximate surface area is 222 Å². The van der Waals surface area contributed by atoms with Crippen molar-refractivity contribution in [2.24, 2.45) is 0 Å². The Balaban J connectivity index is 0.000000333. The maximum atomic E-state index is 12.9. The van der Waals surface area contributed by atoms with E-state index in [0.717, 1.165) is 24.0 Å². The Morgan fingerprint density at radius 1 is 1.15 bits per heavy atom. The number of nitrogens with zero attached hydrogens (tertiary/aromatic N) is 3. The fourth-order valence-electron chi connectivity index (χ4n) is 3.53. The number of carbonyl (C=O) groups excluding carboxylic acids is 2. The predicted molar refractivity (Wildman–Crippen MR) is 122 cm³/mol. The highest BCUT2D eigenvalue weighted by Gasteiger charge is 2.38. The van der Waals surface area contributed by atoms with Crippen LogP contribution in [0.5, 0.6) is 0 Å². The van der Waals surface area contributed by atoms with Crippen molar-refractivity contribution in [3.63, 3.8) is 0 Å². The van der Waals surface area contributed by atoms with Gasteiger partial charge in [-0.3, -0.25) is 9.78 Å². The molecular formula is C24H24F6N4O6. The molecule has 1 unspecified atom stereocenters. The van der Waals surface area contributed by atoms with Crippen molar-refractivity contribution in [1.82, 2.24) is 14.7 Å². The first-order valence-electron chi connectivity index (χ1n) is 11.4. The molecule has 0 spiro atoms. The average molecular weight is 578 g/mol. The molecule has 0 aromatic carbocycles. The lowest BCUT2D eigenvalue weighted by atomic mass is 9.94. The largest absolute Gasteiger partial charge is 0.542 e. The van der Waals surface area contributed by atoms with Gasteiger partial charge >= 0.3 is 18.3 Å². The lowest BCUT2D eigenvalue weighted by molar-refractivity contribution is -0.594. The molecule has 4 rings (SSSR count). The molecular weight excluding hydrogens is 554 g/mol. The number of carboxylic acids is 2. The quantitative estimate of drug-likeness (QED) is 0.359. The van der Waals surface area contributed by atoms with E-state index in [4.69, 9.17) is 24.5 Å². The summed E-state index contributed by atoms with van der Waals surface area (Å²) < 4.78 is 73.0. The number of pyridine rings is 2. The number of halogens is 6. The van der Waals surface area contributed by atoms with E-state index < -0.39 is 24.3 Å². The van der Waals surface area contributed by atoms with Gasteiger partial charge in [0.05, 0.1) is 11.8 Å². The maximum absolute atomic E-state index is 12.9. The highest BCUT2D eigenvalue weighted by Crippen LogP contribution is 2.24. The lowest BCUT2D eigenvalue weighted by Crippen LogP contribution is -2.46. The van der Waals surface area contributed by atoms with E-state index in [0.29, 0.717) is 12.2 Å². The first kappa shape index (κ1) is 32.0. The van der Waals surface area contributed by atoms with Gasteiger partial charge in [-0.2, -0.15) is 26.3 Å². The molecule has 3 aromatic rings. The summed E-state index contributed by atoms with van der Waals surface area (Å²) in [5, 5.41) is 19.1. The molecule has 0 bridgehead atoms. The summed E-state index contributed by atoms with van der Waals surface area (Å²) in [6.07, 6.45) is 0.634. The lowest BCUT2D eigenvalue weighted by Gasteiger charge is -2.35. The Kier molecular flexibility index (Phi) is 10.2. The number of amides is 1. The molecule has 3 aromatic heterocycles. The monoisotopic (exact) mass is 578 g/mol. The molecule has 1 fully saturated rings. The first-order chi connectivity index (χ1) is 18.4. The van der Waals surface area contributed by atoms with Crippen molar-refractivity contribution in [2.45, 2.75) is 50.7 Å². The number of nitrogens with one attached hydrogen (secondary N) is 1. The molecule has 0 radical (unpaired) electrons. The van der Waals surface area contributed by atoms with E-state index in [-0.39, 0.29) is 17.6 Å². The number of hydrogen-bond donors (Lipinski definition) is 2. The average Bonchev–Trinajstić information content (AvgIpc) is 3.27. The van der Waals surface area contributed by atoms with Gasteiger partial charge in [0, 0.05) is 31.1 Å². The van der Waals surface area contributed by atoms with Crippen LogP contribution in [0.3, 0.4) is 0 Å². The summed E-state index contributed by atoms with van der Waals surface area (Å²) >= 11 is 0. The number of aromatic nitrogens is 3. The van der Waals surface area contributed by atoms with Gasteiger partial charge in [0.2, 0.25) is 0 Å². The van der Waals surface area contributed by atoms with Crippen LogP contribution >= 0.6 is 0 Å². The van der Waals surface area contributed by atoms with Crippen LogP contribution in [0.4, 0.5) is 26.3 Å². The van der Waals surface area contributed by atoms with Crippen molar-refractivity contribution in [3.8, 4) is 5.69 Å². The van der Waals surface area contributed by atoms with Crippen LogP contribution in [0, 0.1) is 0 Å². The molecule has 10 nitrogen and oxygen atoms in total. The molecule has 16 heteroatoms. The highest BCUT2D eigenvalue weighted by molar-refractivity contribution is 5.96. The van der Waals surface area contributed by atoms with Crippen LogP contribution < -0.4 is 15.0 Å². The number of rotatable bonds is 3. The fraction of sp³-hybridized carbons (Fsp3) is 0.375. The molecule has 1 aliphatic heterocycles. The van der Waals surface area contributed by atoms with E-state index >= 15 is 0 Å². The number of carbonyl (C=O) groups is 3. The van der Waals surface area contributed by atoms with E-state index in [1.54, 1.807) is 12.4 Å². The number of hydrogen-bond acceptors (Lipinski definition) is 6. The Morgan fingerprint density at radius 3 is 2.30 bits per heavy atom. The third-order valence-electron chi connectivity index (χ3n) is 5.27. The van der Waals surface area contributed by atoms with Gasteiger partial charge in [-0.1, -0.05) is 6.07 Å². The summed E-state index contributed by atoms with van der Waals surface area (Å²) in [6.45, 7) is 4.78. The first-order valence-corrected chi connectivity index (χ1v) is 11.4. The van der Waals surface area contributed by atoms with Crippen molar-refractivity contribution in [2.75, 3.05) is 6.61 Å². The Hall–Kier alpha value is -4.21. The molecule has 2 N–H and O–H groups in total. The molecule has 1 atom stereocenters. The number of alkyl halides is 6. The molecule has 0 saturated carbocycles. The number of fused-ring (bicyclic) bond motifs is 1. The van der Waals surface area contributed by atoms with E-state index in [1.807, 2.05) is 52.0 Å². The summed E-state index contributed by atoms with van der Waals surface area (Å²) in [6, 6.07) is 7.97. The van der Waals surface area contributed by atoms with Crippen LogP contribution in [0.25, 0.3) is 11.2 Å². The maximum Gasteiger partial charge on any atom is 0.490 e. The summed E-state index contributed by atoms with van der Waals surface area (Å²) in [4.78, 5) is 34.8. The topological polar surface area (TPSA) is 137 Å². The van der Waals surface area contributed by atoms with Crippen molar-refractivity contribution >= 4 is 23.4 Å². The molecule has 218 valence electrons. The number of carboxylic acid groups (broad SMARTS) is 2. The zero-order valence-electron chi connectivity index (χ0n) is 21.0. The van der Waals surface area contributed by atoms with Crippen molar-refractivity contribution in [1.29, 1.82) is 0 Å². The molecule has 1 aliphatic rings. The molecule has 1 saturated heterocycles. The van der Waals surface area contributed by atoms with Crippen molar-refractivity contribution < 1.29 is 60.2 Å². The van der Waals surface area contributed by atoms with Crippen molar-refractivity contribution in [3.05, 3.63) is 60.9 Å². The molecule has 1 amide bonds. The number of ether oxygens (including phenoxy) is 1. The van der Waals surface area contributed by atoms with Gasteiger partial charge in [-0.05, 0) is 38.8 Å². The van der Waals surface area contributed by atoms with Crippen LogP contribution in [0.2, 0.25) is 0 Å². The zero-order chi connectivity index (χ0) is 30.3. The minimum absolute atomic E-state index is 0.0986. The van der Waals surface area contributed by atoms with E-state index in [9.17, 15) is 31.1 Å². The summed E-state index contributed by atoms with van der Waals surface area (Å²) in [5.74, 6) is -5.86. The standard InChI is InChI=1S/C20H22N4O2.2C2HF3O2/c1-20(2)11-15(7-10-26-20)22-19(25)17-12-21-8-6-18(17)24-13-16-5-3-4-9-23(16)14-24;2*3-2(4,5)1(6)7/h3-6,8-9,12-15H,7,10-11H2,1-2H3;2*(H,6,7). The predicted octanol–water partition coefficient (Wildman–Crippen LogP) is 2.23. The molecule has 0 aliphatic carbocycles. The fourth-order valence-corrected chi connectivity index (χ4v) is 3.53. The number of imidazole rings is 1. The highest BCUT2D eigenvalue weighted by atomic mass is 19.4. The second kappa shape index (κ2) is 12.8. The summed E-state index contributed by atoms with van der Waals surface area (Å²) in [7, 11) is 0. The van der Waals surface area contributed by atoms with Crippen LogP contribution in [-0.4, -0.2) is 62.9 Å². The van der Waals surface area contributed by atoms with Gasteiger partial charge in [-0.25, -0.2) is 13.8 Å². The molecule has 40 heavy (non-hydrogen) atoms. The summed E-state index contributed by atoms with van der Waals surface area (Å²) in [5.41, 5.74) is 2.23. The van der Waals surface area contributed by atoms with Gasteiger partial charge in [0.25, 0.3) is 12.2 Å². The van der Waals surface area contributed by atoms with E-state index in [2.05, 4.69) is 24.1 Å². The SMILES string of the molecule is CC1(C)CC(NC(=O)c2cnccc2-[n+]2cc3ccccn3c2)CCO1.O=C(O)C(F)(F)F.O=C([O-])C(F)(F)F. The third kappa shape index (κ3) is 9.52. The smallest absolute Gasteiger partial charge is 0.490 e. The van der Waals surface area contributed by atoms with E-state index in [1.165, 1.54) is 0 Å². The minimum atomic E-state index is -5.19. The van der Waals surface area contributed by atoms with Crippen LogP contribution in [-0.2, 0) is 14.3 Å². The third-order valence-corrected chi connectivity index (χ3v) is 5.27. The number of aliphatic carboxylic acids is 2. The van der Waals surface area contributed by atoms with Crippen LogP contribution in [0.15, 0.2) is 55.4 Å². The Morgan fingerprint density at radius 2 is 1.77 bits per heavy atom. The van der Waals surface area contributed by atoms with Gasteiger partial charge < -0.3 is 25.1 Å². The Bertz CT molecular complexity index is 1280. The van der Waals surface area contributed by atoms with Gasteiger partial charge in [-0.15, -0.1) is 0 Å². The second-order valence-electron chi connectivity index (χ2n) is 8.94.